The number of para-hydroxylation sites is 2. The first-order valence-electron chi connectivity index (χ1n) is 8.31. The standard InChI is InChI=1S/C19H14N6O3/c1-28-18-12-13(9-10-14(18)15-6-4-5-11-20-15)19-21-22-23-24(19)16-7-2-3-8-17(16)25(26)27/h2-12H,1H3. The maximum Gasteiger partial charge on any atom is 0.295 e. The highest BCUT2D eigenvalue weighted by molar-refractivity contribution is 5.73. The summed E-state index contributed by atoms with van der Waals surface area (Å²) in [6, 6.07) is 17.4. The molecule has 9 nitrogen and oxygen atoms in total. The molecule has 0 radical (unpaired) electrons. The smallest absolute Gasteiger partial charge is 0.295 e. The summed E-state index contributed by atoms with van der Waals surface area (Å²) in [7, 11) is 1.57. The number of nitro benzene ring substituents is 1. The Morgan fingerprint density at radius 1 is 1.07 bits per heavy atom. The number of nitro groups is 1. The molecule has 0 aliphatic carbocycles. The van der Waals surface area contributed by atoms with Gasteiger partial charge in [-0.05, 0) is 40.8 Å². The number of benzene rings is 2. The molecule has 28 heavy (non-hydrogen) atoms. The number of tetrazole rings is 1. The molecule has 9 heteroatoms. The Kier molecular flexibility index (Phi) is 4.47. The number of hydrogen-bond acceptors (Lipinski definition) is 7. The zero-order chi connectivity index (χ0) is 19.5. The number of rotatable bonds is 5. The Hall–Kier alpha value is -4.14. The largest absolute Gasteiger partial charge is 0.496 e. The van der Waals surface area contributed by atoms with Gasteiger partial charge in [0.15, 0.2) is 5.82 Å². The van der Waals surface area contributed by atoms with Gasteiger partial charge in [-0.1, -0.05) is 24.3 Å². The van der Waals surface area contributed by atoms with Gasteiger partial charge in [-0.3, -0.25) is 15.1 Å². The lowest BCUT2D eigenvalue weighted by Crippen LogP contribution is -2.04. The van der Waals surface area contributed by atoms with E-state index in [4.69, 9.17) is 4.74 Å². The van der Waals surface area contributed by atoms with Crippen molar-refractivity contribution in [3.63, 3.8) is 0 Å². The minimum absolute atomic E-state index is 0.0897. The van der Waals surface area contributed by atoms with Crippen LogP contribution in [0, 0.1) is 10.1 Å². The molecule has 4 aromatic rings. The summed E-state index contributed by atoms with van der Waals surface area (Å²) >= 11 is 0. The van der Waals surface area contributed by atoms with Gasteiger partial charge >= 0.3 is 0 Å². The molecular weight excluding hydrogens is 360 g/mol. The molecule has 2 aromatic carbocycles. The molecular formula is C19H14N6O3. The van der Waals surface area contributed by atoms with Crippen LogP contribution in [0.2, 0.25) is 0 Å². The zero-order valence-electron chi connectivity index (χ0n) is 14.8. The van der Waals surface area contributed by atoms with Gasteiger partial charge in [0.25, 0.3) is 5.69 Å². The van der Waals surface area contributed by atoms with Crippen molar-refractivity contribution < 1.29 is 9.66 Å². The number of aromatic nitrogens is 5. The van der Waals surface area contributed by atoms with Gasteiger partial charge in [-0.2, -0.15) is 4.68 Å². The van der Waals surface area contributed by atoms with Crippen LogP contribution in [0.4, 0.5) is 5.69 Å². The van der Waals surface area contributed by atoms with Gasteiger partial charge in [0.2, 0.25) is 0 Å². The molecule has 138 valence electrons. The number of methoxy groups -OCH3 is 1. The maximum atomic E-state index is 11.4. The van der Waals surface area contributed by atoms with Gasteiger partial charge in [0.05, 0.1) is 17.7 Å². The Morgan fingerprint density at radius 2 is 1.89 bits per heavy atom. The molecule has 0 fully saturated rings. The quantitative estimate of drug-likeness (QED) is 0.389. The average Bonchev–Trinajstić information content (AvgIpc) is 3.23. The van der Waals surface area contributed by atoms with E-state index in [1.54, 1.807) is 37.6 Å². The summed E-state index contributed by atoms with van der Waals surface area (Å²) in [5, 5.41) is 23.1. The Bertz CT molecular complexity index is 1140. The molecule has 0 atom stereocenters. The third-order valence-electron chi connectivity index (χ3n) is 4.18. The summed E-state index contributed by atoms with van der Waals surface area (Å²) in [5.41, 5.74) is 2.42. The van der Waals surface area contributed by atoms with Crippen LogP contribution in [0.25, 0.3) is 28.3 Å². The second-order valence-electron chi connectivity index (χ2n) is 5.79. The lowest BCUT2D eigenvalue weighted by molar-refractivity contribution is -0.384. The lowest BCUT2D eigenvalue weighted by Gasteiger charge is -2.10. The van der Waals surface area contributed by atoms with Gasteiger partial charge in [0, 0.05) is 23.4 Å². The fourth-order valence-electron chi connectivity index (χ4n) is 2.89. The fourth-order valence-corrected chi connectivity index (χ4v) is 2.89. The first-order valence-corrected chi connectivity index (χ1v) is 8.31. The number of nitrogens with zero attached hydrogens (tertiary/aromatic N) is 6. The molecule has 0 aliphatic heterocycles. The predicted molar refractivity (Wildman–Crippen MR) is 101 cm³/mol. The van der Waals surface area contributed by atoms with Crippen LogP contribution >= 0.6 is 0 Å². The highest BCUT2D eigenvalue weighted by Crippen LogP contribution is 2.33. The van der Waals surface area contributed by atoms with Crippen molar-refractivity contribution in [3.05, 3.63) is 77.0 Å². The zero-order valence-corrected chi connectivity index (χ0v) is 14.8. The van der Waals surface area contributed by atoms with E-state index in [1.165, 1.54) is 10.7 Å². The second kappa shape index (κ2) is 7.23. The van der Waals surface area contributed by atoms with E-state index < -0.39 is 4.92 Å². The molecule has 0 saturated carbocycles. The summed E-state index contributed by atoms with van der Waals surface area (Å²) in [6.07, 6.45) is 1.71. The van der Waals surface area contributed by atoms with Crippen LogP contribution < -0.4 is 4.74 Å². The number of ether oxygens (including phenoxy) is 1. The monoisotopic (exact) mass is 374 g/mol. The highest BCUT2D eigenvalue weighted by Gasteiger charge is 2.20. The molecule has 0 saturated heterocycles. The molecule has 2 aromatic heterocycles. The van der Waals surface area contributed by atoms with Gasteiger partial charge in [-0.25, -0.2) is 0 Å². The summed E-state index contributed by atoms with van der Waals surface area (Å²) < 4.78 is 6.86. The van der Waals surface area contributed by atoms with Crippen LogP contribution in [0.5, 0.6) is 5.75 Å². The maximum absolute atomic E-state index is 11.4. The predicted octanol–water partition coefficient (Wildman–Crippen LogP) is 3.31. The summed E-state index contributed by atoms with van der Waals surface area (Å²) in [5.74, 6) is 0.952. The van der Waals surface area contributed by atoms with E-state index in [-0.39, 0.29) is 11.4 Å². The van der Waals surface area contributed by atoms with Crippen molar-refractivity contribution in [2.45, 2.75) is 0 Å². The highest BCUT2D eigenvalue weighted by atomic mass is 16.6. The van der Waals surface area contributed by atoms with E-state index in [1.807, 2.05) is 30.3 Å². The first kappa shape index (κ1) is 17.3. The second-order valence-corrected chi connectivity index (χ2v) is 5.79. The van der Waals surface area contributed by atoms with Crippen LogP contribution in [0.3, 0.4) is 0 Å². The van der Waals surface area contributed by atoms with Crippen molar-refractivity contribution in [1.82, 2.24) is 25.2 Å². The van der Waals surface area contributed by atoms with Crippen molar-refractivity contribution in [2.24, 2.45) is 0 Å². The molecule has 0 spiro atoms. The van der Waals surface area contributed by atoms with E-state index in [0.29, 0.717) is 17.1 Å². The van der Waals surface area contributed by atoms with Gasteiger partial charge < -0.3 is 4.74 Å². The minimum atomic E-state index is -0.467. The van der Waals surface area contributed by atoms with Gasteiger partial charge in [0.1, 0.15) is 11.4 Å². The molecule has 0 unspecified atom stereocenters. The molecule has 0 aliphatic rings. The summed E-state index contributed by atoms with van der Waals surface area (Å²) in [4.78, 5) is 15.2. The minimum Gasteiger partial charge on any atom is -0.496 e. The Labute approximate surface area is 159 Å². The van der Waals surface area contributed by atoms with E-state index in [2.05, 4.69) is 20.5 Å². The fraction of sp³-hybridized carbons (Fsp3) is 0.0526. The molecule has 0 amide bonds. The lowest BCUT2D eigenvalue weighted by atomic mass is 10.1. The van der Waals surface area contributed by atoms with Crippen LogP contribution in [-0.4, -0.2) is 37.2 Å². The SMILES string of the molecule is COc1cc(-c2nnnn2-c2ccccc2[N+](=O)[O-])ccc1-c1ccccn1. The van der Waals surface area contributed by atoms with Crippen molar-refractivity contribution >= 4 is 5.69 Å². The van der Waals surface area contributed by atoms with Crippen molar-refractivity contribution in [2.75, 3.05) is 7.11 Å². The van der Waals surface area contributed by atoms with Crippen LogP contribution in [0.15, 0.2) is 66.9 Å². The topological polar surface area (TPSA) is 109 Å². The normalized spacial score (nSPS) is 10.6. The first-order chi connectivity index (χ1) is 13.7. The summed E-state index contributed by atoms with van der Waals surface area (Å²) in [6.45, 7) is 0. The van der Waals surface area contributed by atoms with E-state index >= 15 is 0 Å². The van der Waals surface area contributed by atoms with Crippen LogP contribution in [-0.2, 0) is 0 Å². The molecule has 2 heterocycles. The number of hydrogen-bond donors (Lipinski definition) is 0. The number of pyridine rings is 1. The van der Waals surface area contributed by atoms with E-state index in [0.717, 1.165) is 11.3 Å². The van der Waals surface area contributed by atoms with Crippen molar-refractivity contribution in [1.29, 1.82) is 0 Å². The molecule has 0 bridgehead atoms. The van der Waals surface area contributed by atoms with E-state index in [9.17, 15) is 10.1 Å². The third kappa shape index (κ3) is 3.05. The van der Waals surface area contributed by atoms with Crippen molar-refractivity contribution in [3.8, 4) is 34.1 Å². The van der Waals surface area contributed by atoms with Gasteiger partial charge in [-0.15, -0.1) is 5.10 Å². The Morgan fingerprint density at radius 3 is 2.64 bits per heavy atom. The molecule has 0 N–H and O–H groups in total. The Balaban J connectivity index is 1.83. The average molecular weight is 374 g/mol. The third-order valence-corrected chi connectivity index (χ3v) is 4.18. The molecule has 4 rings (SSSR count). The van der Waals surface area contributed by atoms with Crippen LogP contribution in [0.1, 0.15) is 0 Å².